The van der Waals surface area contributed by atoms with E-state index in [9.17, 15) is 0 Å². The van der Waals surface area contributed by atoms with Crippen molar-refractivity contribution in [3.8, 4) is 33.6 Å². The number of fused-ring (bicyclic) bond motifs is 2. The van der Waals surface area contributed by atoms with Gasteiger partial charge in [0.25, 0.3) is 0 Å². The molecule has 0 aliphatic heterocycles. The molecule has 1 heterocycles. The fourth-order valence-corrected chi connectivity index (χ4v) is 6.12. The van der Waals surface area contributed by atoms with Crippen LogP contribution in [0.1, 0.15) is 0 Å². The van der Waals surface area contributed by atoms with E-state index in [4.69, 9.17) is 4.42 Å². The molecule has 0 bridgehead atoms. The third-order valence-corrected chi connectivity index (χ3v) is 8.29. The van der Waals surface area contributed by atoms with E-state index < -0.39 is 0 Å². The molecule has 8 rings (SSSR count). The van der Waals surface area contributed by atoms with Crippen LogP contribution >= 0.6 is 0 Å². The first-order valence-electron chi connectivity index (χ1n) is 14.9. The van der Waals surface area contributed by atoms with E-state index in [0.717, 1.165) is 50.5 Å². The van der Waals surface area contributed by atoms with Crippen LogP contribution < -0.4 is 4.90 Å². The van der Waals surface area contributed by atoms with Gasteiger partial charge in [0.15, 0.2) is 0 Å². The van der Waals surface area contributed by atoms with E-state index >= 15 is 0 Å². The molecule has 0 radical (unpaired) electrons. The second-order valence-corrected chi connectivity index (χ2v) is 11.0. The van der Waals surface area contributed by atoms with Crippen molar-refractivity contribution in [2.75, 3.05) is 4.90 Å². The van der Waals surface area contributed by atoms with Gasteiger partial charge in [-0.25, -0.2) is 0 Å². The highest BCUT2D eigenvalue weighted by molar-refractivity contribution is 5.99. The first kappa shape index (κ1) is 25.8. The number of anilines is 3. The van der Waals surface area contributed by atoms with Crippen molar-refractivity contribution in [2.24, 2.45) is 0 Å². The van der Waals surface area contributed by atoms with Crippen LogP contribution in [0.5, 0.6) is 0 Å². The smallest absolute Gasteiger partial charge is 0.136 e. The lowest BCUT2D eigenvalue weighted by molar-refractivity contribution is 0.632. The molecule has 0 N–H and O–H groups in total. The Hall–Kier alpha value is -5.86. The van der Waals surface area contributed by atoms with Gasteiger partial charge in [0.2, 0.25) is 0 Å². The van der Waals surface area contributed by atoms with E-state index in [1.165, 1.54) is 21.9 Å². The van der Waals surface area contributed by atoms with Gasteiger partial charge in [-0.3, -0.25) is 0 Å². The first-order chi connectivity index (χ1) is 21.8. The zero-order chi connectivity index (χ0) is 29.3. The van der Waals surface area contributed by atoms with Gasteiger partial charge >= 0.3 is 0 Å². The van der Waals surface area contributed by atoms with Gasteiger partial charge in [-0.1, -0.05) is 133 Å². The maximum absolute atomic E-state index is 6.27. The summed E-state index contributed by atoms with van der Waals surface area (Å²) in [6, 6.07) is 62.1. The van der Waals surface area contributed by atoms with Crippen molar-refractivity contribution < 1.29 is 4.42 Å². The monoisotopic (exact) mass is 563 g/mol. The van der Waals surface area contributed by atoms with Crippen LogP contribution in [0.15, 0.2) is 180 Å². The molecule has 0 amide bonds. The van der Waals surface area contributed by atoms with Crippen molar-refractivity contribution in [1.82, 2.24) is 0 Å². The summed E-state index contributed by atoms with van der Waals surface area (Å²) in [5.74, 6) is 0.877. The summed E-state index contributed by atoms with van der Waals surface area (Å²) in [6.45, 7) is 0. The van der Waals surface area contributed by atoms with Crippen molar-refractivity contribution in [2.45, 2.75) is 0 Å². The standard InChI is InChI=1S/C42H29NO/c1-2-11-30(12-3-1)31-21-25-35(26-22-31)43(40-19-10-15-32-13-4-6-17-38(32)40)36-27-23-33(24-28-36)37-16-7-8-18-39(37)42-29-34-14-5-9-20-41(34)44-42/h1-29H. The molecule has 208 valence electrons. The number of rotatable bonds is 6. The van der Waals surface area contributed by atoms with Crippen LogP contribution in [0.3, 0.4) is 0 Å². The van der Waals surface area contributed by atoms with E-state index in [1.54, 1.807) is 0 Å². The van der Waals surface area contributed by atoms with E-state index in [1.807, 2.05) is 18.2 Å². The van der Waals surface area contributed by atoms with E-state index in [0.29, 0.717) is 0 Å². The van der Waals surface area contributed by atoms with E-state index in [2.05, 4.69) is 163 Å². The molecule has 0 saturated heterocycles. The fraction of sp³-hybridized carbons (Fsp3) is 0. The molecule has 0 saturated carbocycles. The molecule has 0 aliphatic rings. The summed E-state index contributed by atoms with van der Waals surface area (Å²) >= 11 is 0. The largest absolute Gasteiger partial charge is 0.456 e. The lowest BCUT2D eigenvalue weighted by Crippen LogP contribution is -2.10. The summed E-state index contributed by atoms with van der Waals surface area (Å²) in [4.78, 5) is 2.35. The van der Waals surface area contributed by atoms with Crippen LogP contribution in [0, 0.1) is 0 Å². The van der Waals surface area contributed by atoms with Gasteiger partial charge in [0, 0.05) is 27.7 Å². The normalized spacial score (nSPS) is 11.2. The summed E-state index contributed by atoms with van der Waals surface area (Å²) in [7, 11) is 0. The van der Waals surface area contributed by atoms with Crippen LogP contribution in [-0.4, -0.2) is 0 Å². The highest BCUT2D eigenvalue weighted by Crippen LogP contribution is 2.41. The lowest BCUT2D eigenvalue weighted by atomic mass is 9.97. The molecular weight excluding hydrogens is 534 g/mol. The van der Waals surface area contributed by atoms with Crippen LogP contribution in [0.2, 0.25) is 0 Å². The third-order valence-electron chi connectivity index (χ3n) is 8.29. The molecule has 0 atom stereocenters. The van der Waals surface area contributed by atoms with Crippen LogP contribution in [0.25, 0.3) is 55.3 Å². The summed E-state index contributed by atoms with van der Waals surface area (Å²) < 4.78 is 6.27. The van der Waals surface area contributed by atoms with Crippen molar-refractivity contribution in [1.29, 1.82) is 0 Å². The molecule has 1 aromatic heterocycles. The van der Waals surface area contributed by atoms with Crippen LogP contribution in [-0.2, 0) is 0 Å². The average molecular weight is 564 g/mol. The molecular formula is C42H29NO. The Labute approximate surface area is 257 Å². The number of hydrogen-bond donors (Lipinski definition) is 0. The molecule has 0 unspecified atom stereocenters. The maximum Gasteiger partial charge on any atom is 0.136 e. The van der Waals surface area contributed by atoms with Crippen molar-refractivity contribution in [3.05, 3.63) is 176 Å². The molecule has 0 fully saturated rings. The van der Waals surface area contributed by atoms with Gasteiger partial charge in [-0.05, 0) is 70.1 Å². The number of para-hydroxylation sites is 1. The third kappa shape index (κ3) is 4.73. The van der Waals surface area contributed by atoms with E-state index in [-0.39, 0.29) is 0 Å². The topological polar surface area (TPSA) is 16.4 Å². The Morgan fingerprint density at radius 3 is 1.70 bits per heavy atom. The van der Waals surface area contributed by atoms with Gasteiger partial charge in [-0.2, -0.15) is 0 Å². The zero-order valence-corrected chi connectivity index (χ0v) is 24.1. The van der Waals surface area contributed by atoms with Gasteiger partial charge in [-0.15, -0.1) is 0 Å². The second kappa shape index (κ2) is 11.1. The molecule has 0 aliphatic carbocycles. The zero-order valence-electron chi connectivity index (χ0n) is 24.1. The van der Waals surface area contributed by atoms with Crippen molar-refractivity contribution >= 4 is 38.8 Å². The lowest BCUT2D eigenvalue weighted by Gasteiger charge is -2.27. The number of benzene rings is 7. The Morgan fingerprint density at radius 2 is 0.955 bits per heavy atom. The second-order valence-electron chi connectivity index (χ2n) is 11.0. The van der Waals surface area contributed by atoms with Gasteiger partial charge in [0.1, 0.15) is 11.3 Å². The predicted molar refractivity (Wildman–Crippen MR) is 185 cm³/mol. The summed E-state index contributed by atoms with van der Waals surface area (Å²) in [5, 5.41) is 3.53. The number of furan rings is 1. The fourth-order valence-electron chi connectivity index (χ4n) is 6.12. The molecule has 2 heteroatoms. The molecule has 44 heavy (non-hydrogen) atoms. The Morgan fingerprint density at radius 1 is 0.386 bits per heavy atom. The highest BCUT2D eigenvalue weighted by Gasteiger charge is 2.17. The molecule has 2 nitrogen and oxygen atoms in total. The summed E-state index contributed by atoms with van der Waals surface area (Å²) in [5.41, 5.74) is 10.0. The van der Waals surface area contributed by atoms with Gasteiger partial charge in [0.05, 0.1) is 5.69 Å². The highest BCUT2D eigenvalue weighted by atomic mass is 16.3. The molecule has 8 aromatic rings. The van der Waals surface area contributed by atoms with Gasteiger partial charge < -0.3 is 9.32 Å². The summed E-state index contributed by atoms with van der Waals surface area (Å²) in [6.07, 6.45) is 0. The minimum Gasteiger partial charge on any atom is -0.456 e. The van der Waals surface area contributed by atoms with Crippen molar-refractivity contribution in [3.63, 3.8) is 0 Å². The predicted octanol–water partition coefficient (Wildman–Crippen LogP) is 12.1. The Kier molecular flexibility index (Phi) is 6.51. The minimum absolute atomic E-state index is 0.877. The Balaban J connectivity index is 1.22. The first-order valence-corrected chi connectivity index (χ1v) is 14.9. The minimum atomic E-state index is 0.877. The quantitative estimate of drug-likeness (QED) is 0.200. The maximum atomic E-state index is 6.27. The molecule has 0 spiro atoms. The number of nitrogens with zero attached hydrogens (tertiary/aromatic N) is 1. The average Bonchev–Trinajstić information content (AvgIpc) is 3.54. The SMILES string of the molecule is c1ccc(-c2ccc(N(c3ccc(-c4ccccc4-c4cc5ccccc5o4)cc3)c3cccc4ccccc34)cc2)cc1. The Bertz CT molecular complexity index is 2170. The van der Waals surface area contributed by atoms with Crippen LogP contribution in [0.4, 0.5) is 17.1 Å². The molecule has 7 aromatic carbocycles. The number of hydrogen-bond acceptors (Lipinski definition) is 2.